The topological polar surface area (TPSA) is 43.2 Å². The Hall–Kier alpha value is -2.12. The Morgan fingerprint density at radius 1 is 1.20 bits per heavy atom. The van der Waals surface area contributed by atoms with E-state index in [0.717, 1.165) is 41.2 Å². The minimum absolute atomic E-state index is 0.253. The molecular formula is C23H29FN4OS. The van der Waals surface area contributed by atoms with Crippen molar-refractivity contribution in [3.05, 3.63) is 41.8 Å². The average Bonchev–Trinajstić information content (AvgIpc) is 3.18. The zero-order valence-electron chi connectivity index (χ0n) is 18.1. The number of ether oxygens (including phenoxy) is 1. The van der Waals surface area contributed by atoms with Crippen molar-refractivity contribution in [1.29, 1.82) is 0 Å². The molecule has 0 N–H and O–H groups in total. The fraction of sp³-hybridized carbons (Fsp3) is 0.478. The van der Waals surface area contributed by atoms with Crippen molar-refractivity contribution >= 4 is 22.7 Å². The predicted molar refractivity (Wildman–Crippen MR) is 122 cm³/mol. The number of aryl methyl sites for hydroxylation is 1. The molecule has 1 atom stereocenters. The molecule has 0 saturated carbocycles. The van der Waals surface area contributed by atoms with Gasteiger partial charge in [-0.1, -0.05) is 13.8 Å². The van der Waals surface area contributed by atoms with Gasteiger partial charge < -0.3 is 4.74 Å². The summed E-state index contributed by atoms with van der Waals surface area (Å²) in [6.07, 6.45) is 1.58. The molecule has 3 heterocycles. The van der Waals surface area contributed by atoms with Crippen molar-refractivity contribution in [1.82, 2.24) is 19.7 Å². The molecule has 0 amide bonds. The van der Waals surface area contributed by atoms with Crippen LogP contribution in [0.4, 0.5) is 4.39 Å². The molecule has 1 aliphatic heterocycles. The summed E-state index contributed by atoms with van der Waals surface area (Å²) in [7, 11) is 1.66. The number of aromatic nitrogens is 3. The number of thioether (sulfide) groups is 1. The Morgan fingerprint density at radius 3 is 2.63 bits per heavy atom. The number of halogens is 1. The highest BCUT2D eigenvalue weighted by molar-refractivity contribution is 7.99. The van der Waals surface area contributed by atoms with Crippen molar-refractivity contribution in [2.75, 3.05) is 31.7 Å². The van der Waals surface area contributed by atoms with Crippen LogP contribution in [-0.2, 0) is 6.54 Å². The quantitative estimate of drug-likeness (QED) is 0.552. The first-order valence-corrected chi connectivity index (χ1v) is 11.7. The van der Waals surface area contributed by atoms with Crippen molar-refractivity contribution in [3.63, 3.8) is 0 Å². The Bertz CT molecular complexity index is 1030. The van der Waals surface area contributed by atoms with Gasteiger partial charge in [0, 0.05) is 48.3 Å². The summed E-state index contributed by atoms with van der Waals surface area (Å²) < 4.78 is 22.2. The third-order valence-corrected chi connectivity index (χ3v) is 6.72. The summed E-state index contributed by atoms with van der Waals surface area (Å²) >= 11 is 2.01. The van der Waals surface area contributed by atoms with Crippen LogP contribution < -0.4 is 4.74 Å². The monoisotopic (exact) mass is 428 g/mol. The Morgan fingerprint density at radius 2 is 1.97 bits per heavy atom. The maximum atomic E-state index is 14.7. The van der Waals surface area contributed by atoms with Crippen molar-refractivity contribution in [2.24, 2.45) is 5.92 Å². The predicted octanol–water partition coefficient (Wildman–Crippen LogP) is 5.01. The van der Waals surface area contributed by atoms with Gasteiger partial charge in [-0.25, -0.2) is 9.37 Å². The van der Waals surface area contributed by atoms with Gasteiger partial charge in [0.1, 0.15) is 5.82 Å². The summed E-state index contributed by atoms with van der Waals surface area (Å²) in [4.78, 5) is 7.33. The molecule has 3 aromatic rings. The van der Waals surface area contributed by atoms with Crippen molar-refractivity contribution in [2.45, 2.75) is 33.4 Å². The highest BCUT2D eigenvalue weighted by Crippen LogP contribution is 2.37. The number of pyridine rings is 1. The van der Waals surface area contributed by atoms with Gasteiger partial charge in [-0.15, -0.1) is 0 Å². The molecular weight excluding hydrogens is 399 g/mol. The number of benzene rings is 1. The van der Waals surface area contributed by atoms with Gasteiger partial charge in [0.25, 0.3) is 0 Å². The number of hydrogen-bond donors (Lipinski definition) is 0. The van der Waals surface area contributed by atoms with Crippen LogP contribution in [-0.4, -0.2) is 51.4 Å². The van der Waals surface area contributed by atoms with Crippen LogP contribution in [0.1, 0.15) is 32.4 Å². The SMILES string of the molecule is CCn1ncc2c(F)cc(-c3ccc(C(C(C)C)N4CCSCC4)c(OC)n3)cc21. The Labute approximate surface area is 181 Å². The molecule has 7 heteroatoms. The van der Waals surface area contributed by atoms with E-state index in [9.17, 15) is 4.39 Å². The molecule has 1 unspecified atom stereocenters. The van der Waals surface area contributed by atoms with Crippen LogP contribution in [0.25, 0.3) is 22.2 Å². The lowest BCUT2D eigenvalue weighted by Gasteiger charge is -2.37. The first-order chi connectivity index (χ1) is 14.5. The van der Waals surface area contributed by atoms with E-state index in [1.165, 1.54) is 6.07 Å². The van der Waals surface area contributed by atoms with E-state index >= 15 is 0 Å². The summed E-state index contributed by atoms with van der Waals surface area (Å²) in [6.45, 7) is 9.32. The van der Waals surface area contributed by atoms with Gasteiger partial charge in [0.15, 0.2) is 0 Å². The molecule has 1 aliphatic rings. The number of hydrogen-bond acceptors (Lipinski definition) is 5. The molecule has 30 heavy (non-hydrogen) atoms. The molecule has 0 spiro atoms. The van der Waals surface area contributed by atoms with E-state index in [1.807, 2.05) is 30.8 Å². The van der Waals surface area contributed by atoms with E-state index < -0.39 is 0 Å². The van der Waals surface area contributed by atoms with Crippen LogP contribution in [0.5, 0.6) is 5.88 Å². The highest BCUT2D eigenvalue weighted by atomic mass is 32.2. The van der Waals surface area contributed by atoms with E-state index in [1.54, 1.807) is 18.0 Å². The molecule has 1 aromatic carbocycles. The normalized spacial score (nSPS) is 16.3. The van der Waals surface area contributed by atoms with Crippen LogP contribution in [0, 0.1) is 11.7 Å². The standard InChI is InChI=1S/C23H29FN4OS/c1-5-28-21-13-16(12-19(24)18(21)14-25-28)20-7-6-17(23(26-20)29-4)22(15(2)3)27-8-10-30-11-9-27/h6-7,12-15,22H,5,8-11H2,1-4H3. The fourth-order valence-corrected chi connectivity index (χ4v) is 5.30. The second-order valence-corrected chi connectivity index (χ2v) is 9.21. The second-order valence-electron chi connectivity index (χ2n) is 7.98. The molecule has 1 saturated heterocycles. The zero-order chi connectivity index (χ0) is 21.3. The highest BCUT2D eigenvalue weighted by Gasteiger charge is 2.28. The van der Waals surface area contributed by atoms with E-state index in [-0.39, 0.29) is 11.9 Å². The summed E-state index contributed by atoms with van der Waals surface area (Å²) in [6, 6.07) is 7.83. The first kappa shape index (κ1) is 21.1. The molecule has 5 nitrogen and oxygen atoms in total. The van der Waals surface area contributed by atoms with Gasteiger partial charge in [-0.05, 0) is 37.1 Å². The van der Waals surface area contributed by atoms with Crippen LogP contribution >= 0.6 is 11.8 Å². The van der Waals surface area contributed by atoms with Gasteiger partial charge in [-0.2, -0.15) is 16.9 Å². The largest absolute Gasteiger partial charge is 0.481 e. The van der Waals surface area contributed by atoms with Crippen LogP contribution in [0.2, 0.25) is 0 Å². The van der Waals surface area contributed by atoms with Gasteiger partial charge in [0.2, 0.25) is 5.88 Å². The van der Waals surface area contributed by atoms with E-state index in [0.29, 0.717) is 29.4 Å². The van der Waals surface area contributed by atoms with Crippen molar-refractivity contribution in [3.8, 4) is 17.1 Å². The fourth-order valence-electron chi connectivity index (χ4n) is 4.37. The number of methoxy groups -OCH3 is 1. The van der Waals surface area contributed by atoms with Gasteiger partial charge >= 0.3 is 0 Å². The van der Waals surface area contributed by atoms with Crippen LogP contribution in [0.15, 0.2) is 30.5 Å². The lowest BCUT2D eigenvalue weighted by Crippen LogP contribution is -2.38. The number of nitrogens with zero attached hydrogens (tertiary/aromatic N) is 4. The third-order valence-electron chi connectivity index (χ3n) is 5.78. The Balaban J connectivity index is 1.76. The number of fused-ring (bicyclic) bond motifs is 1. The summed E-state index contributed by atoms with van der Waals surface area (Å²) in [5.74, 6) is 3.08. The van der Waals surface area contributed by atoms with Crippen molar-refractivity contribution < 1.29 is 9.13 Å². The molecule has 0 aliphatic carbocycles. The third kappa shape index (κ3) is 3.93. The maximum Gasteiger partial charge on any atom is 0.218 e. The minimum Gasteiger partial charge on any atom is -0.481 e. The summed E-state index contributed by atoms with van der Waals surface area (Å²) in [5.41, 5.74) is 3.32. The number of rotatable bonds is 6. The minimum atomic E-state index is -0.280. The van der Waals surface area contributed by atoms with Crippen LogP contribution in [0.3, 0.4) is 0 Å². The Kier molecular flexibility index (Phi) is 6.29. The molecule has 1 fully saturated rings. The molecule has 2 aromatic heterocycles. The lowest BCUT2D eigenvalue weighted by molar-refractivity contribution is 0.167. The van der Waals surface area contributed by atoms with Gasteiger partial charge in [-0.3, -0.25) is 9.58 Å². The molecule has 0 radical (unpaired) electrons. The second kappa shape index (κ2) is 8.94. The van der Waals surface area contributed by atoms with E-state index in [2.05, 4.69) is 29.9 Å². The molecule has 0 bridgehead atoms. The summed E-state index contributed by atoms with van der Waals surface area (Å²) in [5, 5.41) is 4.81. The van der Waals surface area contributed by atoms with Gasteiger partial charge in [0.05, 0.1) is 29.9 Å². The zero-order valence-corrected chi connectivity index (χ0v) is 18.9. The average molecular weight is 429 g/mol. The molecule has 160 valence electrons. The van der Waals surface area contributed by atoms with E-state index in [4.69, 9.17) is 9.72 Å². The maximum absolute atomic E-state index is 14.7. The lowest BCUT2D eigenvalue weighted by atomic mass is 9.94. The smallest absolute Gasteiger partial charge is 0.218 e. The molecule has 4 rings (SSSR count). The first-order valence-electron chi connectivity index (χ1n) is 10.6.